The van der Waals surface area contributed by atoms with E-state index in [-0.39, 0.29) is 11.3 Å². The summed E-state index contributed by atoms with van der Waals surface area (Å²) in [6, 6.07) is 16.5. The second kappa shape index (κ2) is 12.5. The maximum absolute atomic E-state index is 13.7. The molecule has 218 valence electrons. The number of aromatic nitrogens is 1. The Labute approximate surface area is 247 Å². The molecule has 1 unspecified atom stereocenters. The van der Waals surface area contributed by atoms with E-state index in [4.69, 9.17) is 23.9 Å². The number of aliphatic hydroxyl groups is 1. The van der Waals surface area contributed by atoms with Gasteiger partial charge in [-0.05, 0) is 61.4 Å². The van der Waals surface area contributed by atoms with E-state index in [9.17, 15) is 14.7 Å². The minimum Gasteiger partial charge on any atom is -0.507 e. The Morgan fingerprint density at radius 1 is 0.952 bits per heavy atom. The number of thiazole rings is 1. The van der Waals surface area contributed by atoms with E-state index in [1.54, 1.807) is 42.5 Å². The van der Waals surface area contributed by atoms with Crippen LogP contribution in [0.2, 0.25) is 0 Å². The van der Waals surface area contributed by atoms with Crippen LogP contribution in [0.3, 0.4) is 0 Å². The molecule has 3 aromatic carbocycles. The summed E-state index contributed by atoms with van der Waals surface area (Å²) in [6.45, 7) is 5.01. The van der Waals surface area contributed by atoms with Crippen molar-refractivity contribution in [1.82, 2.24) is 4.98 Å². The normalized spacial score (nSPS) is 16.2. The molecule has 1 aromatic heterocycles. The highest BCUT2D eigenvalue weighted by molar-refractivity contribution is 7.22. The maximum Gasteiger partial charge on any atom is 0.301 e. The molecule has 1 saturated heterocycles. The van der Waals surface area contributed by atoms with E-state index in [2.05, 4.69) is 6.92 Å². The average molecular weight is 589 g/mol. The zero-order valence-corrected chi connectivity index (χ0v) is 24.7. The molecule has 4 aromatic rings. The summed E-state index contributed by atoms with van der Waals surface area (Å²) in [5.74, 6) is 0.211. The molecule has 1 amide bonds. The summed E-state index contributed by atoms with van der Waals surface area (Å²) >= 11 is 1.26. The Morgan fingerprint density at radius 2 is 1.74 bits per heavy atom. The standard InChI is InChI=1S/C32H32N2O7S/c1-5-7-15-41-21-10-8-9-20(16-21)29(35)27-28(19-11-14-24(38-3)25(17-19)39-4)34(31(37)30(27)36)32-33-23-13-12-22(40-6-2)18-26(23)42-32/h8-14,16-18,28,35H,5-7,15H2,1-4H3/b29-27+. The van der Waals surface area contributed by atoms with Crippen LogP contribution in [0, 0.1) is 0 Å². The highest BCUT2D eigenvalue weighted by Crippen LogP contribution is 2.46. The van der Waals surface area contributed by atoms with Crippen molar-refractivity contribution in [2.75, 3.05) is 32.3 Å². The van der Waals surface area contributed by atoms with Crippen molar-refractivity contribution in [3.05, 3.63) is 77.4 Å². The number of carbonyl (C=O) groups excluding carboxylic acids is 2. The summed E-state index contributed by atoms with van der Waals surface area (Å²) < 4.78 is 23.2. The molecule has 1 aliphatic rings. The first-order chi connectivity index (χ1) is 20.4. The Bertz CT molecular complexity index is 1660. The van der Waals surface area contributed by atoms with Crippen molar-refractivity contribution >= 4 is 44.1 Å². The van der Waals surface area contributed by atoms with Crippen molar-refractivity contribution in [3.63, 3.8) is 0 Å². The first-order valence-corrected chi connectivity index (χ1v) is 14.5. The summed E-state index contributed by atoms with van der Waals surface area (Å²) in [5.41, 5.74) is 1.49. The maximum atomic E-state index is 13.7. The topological polar surface area (TPSA) is 107 Å². The summed E-state index contributed by atoms with van der Waals surface area (Å²) in [6.07, 6.45) is 1.86. The predicted molar refractivity (Wildman–Crippen MR) is 162 cm³/mol. The molecular weight excluding hydrogens is 556 g/mol. The van der Waals surface area contributed by atoms with Gasteiger partial charge >= 0.3 is 5.91 Å². The van der Waals surface area contributed by atoms with Crippen molar-refractivity contribution < 1.29 is 33.6 Å². The van der Waals surface area contributed by atoms with Gasteiger partial charge in [0.2, 0.25) is 0 Å². The highest BCUT2D eigenvalue weighted by Gasteiger charge is 2.48. The number of methoxy groups -OCH3 is 2. The molecule has 42 heavy (non-hydrogen) atoms. The van der Waals surface area contributed by atoms with Gasteiger partial charge in [0.15, 0.2) is 16.6 Å². The fourth-order valence-electron chi connectivity index (χ4n) is 4.84. The molecule has 1 fully saturated rings. The van der Waals surface area contributed by atoms with Crippen LogP contribution < -0.4 is 23.8 Å². The minimum absolute atomic E-state index is 0.0628. The number of hydrogen-bond donors (Lipinski definition) is 1. The Balaban J connectivity index is 1.67. The molecule has 1 N–H and O–H groups in total. The van der Waals surface area contributed by atoms with Gasteiger partial charge in [-0.2, -0.15) is 0 Å². The largest absolute Gasteiger partial charge is 0.507 e. The van der Waals surface area contributed by atoms with Crippen LogP contribution in [0.5, 0.6) is 23.0 Å². The molecular formula is C32H32N2O7S. The summed E-state index contributed by atoms with van der Waals surface area (Å²) in [4.78, 5) is 33.4. The fraction of sp³-hybridized carbons (Fsp3) is 0.281. The van der Waals surface area contributed by atoms with E-state index in [1.807, 2.05) is 25.1 Å². The molecule has 9 nitrogen and oxygen atoms in total. The van der Waals surface area contributed by atoms with Crippen molar-refractivity contribution in [2.45, 2.75) is 32.7 Å². The smallest absolute Gasteiger partial charge is 0.301 e. The predicted octanol–water partition coefficient (Wildman–Crippen LogP) is 6.52. The lowest BCUT2D eigenvalue weighted by atomic mass is 9.95. The monoisotopic (exact) mass is 588 g/mol. The number of amides is 1. The van der Waals surface area contributed by atoms with Crippen molar-refractivity contribution in [1.29, 1.82) is 0 Å². The number of carbonyl (C=O) groups is 2. The number of aliphatic hydroxyl groups excluding tert-OH is 1. The lowest BCUT2D eigenvalue weighted by Crippen LogP contribution is -2.29. The minimum atomic E-state index is -0.985. The van der Waals surface area contributed by atoms with Gasteiger partial charge in [-0.15, -0.1) is 0 Å². The molecule has 0 bridgehead atoms. The molecule has 1 atom stereocenters. The lowest BCUT2D eigenvalue weighted by molar-refractivity contribution is -0.132. The third-order valence-electron chi connectivity index (χ3n) is 6.91. The first kappa shape index (κ1) is 28.9. The summed E-state index contributed by atoms with van der Waals surface area (Å²) in [5, 5.41) is 11.9. The van der Waals surface area contributed by atoms with Crippen molar-refractivity contribution in [3.8, 4) is 23.0 Å². The molecule has 2 heterocycles. The van der Waals surface area contributed by atoms with Gasteiger partial charge in [0, 0.05) is 5.56 Å². The first-order valence-electron chi connectivity index (χ1n) is 13.7. The number of rotatable bonds is 11. The third kappa shape index (κ3) is 5.49. The number of benzene rings is 3. The second-order valence-corrected chi connectivity index (χ2v) is 10.6. The summed E-state index contributed by atoms with van der Waals surface area (Å²) in [7, 11) is 3.03. The Hall–Kier alpha value is -4.57. The van der Waals surface area contributed by atoms with Crippen LogP contribution >= 0.6 is 11.3 Å². The van der Waals surface area contributed by atoms with E-state index in [0.717, 1.165) is 17.5 Å². The van der Waals surface area contributed by atoms with Gasteiger partial charge in [0.25, 0.3) is 5.78 Å². The molecule has 0 radical (unpaired) electrons. The number of anilines is 1. The molecule has 1 aliphatic heterocycles. The van der Waals surface area contributed by atoms with E-state index < -0.39 is 17.7 Å². The van der Waals surface area contributed by atoms with Gasteiger partial charge in [-0.1, -0.05) is 42.9 Å². The van der Waals surface area contributed by atoms with Crippen LogP contribution in [0.25, 0.3) is 16.0 Å². The molecule has 0 aliphatic carbocycles. The number of hydrogen-bond acceptors (Lipinski definition) is 9. The van der Waals surface area contributed by atoms with Gasteiger partial charge in [-0.25, -0.2) is 4.98 Å². The van der Waals surface area contributed by atoms with Crippen LogP contribution in [0.15, 0.2) is 66.2 Å². The molecule has 5 rings (SSSR count). The number of ether oxygens (including phenoxy) is 4. The molecule has 0 spiro atoms. The quantitative estimate of drug-likeness (QED) is 0.0914. The zero-order valence-electron chi connectivity index (χ0n) is 23.9. The number of unbranched alkanes of at least 4 members (excludes halogenated alkanes) is 1. The number of fused-ring (bicyclic) bond motifs is 1. The van der Waals surface area contributed by atoms with Gasteiger partial charge in [0.05, 0.1) is 49.3 Å². The fourth-order valence-corrected chi connectivity index (χ4v) is 5.86. The van der Waals surface area contributed by atoms with Gasteiger partial charge < -0.3 is 24.1 Å². The van der Waals surface area contributed by atoms with Crippen LogP contribution in [0.4, 0.5) is 5.13 Å². The highest BCUT2D eigenvalue weighted by atomic mass is 32.1. The molecule has 10 heteroatoms. The van der Waals surface area contributed by atoms with E-state index in [1.165, 1.54) is 30.5 Å². The lowest BCUT2D eigenvalue weighted by Gasteiger charge is -2.23. The van der Waals surface area contributed by atoms with E-state index in [0.29, 0.717) is 58.0 Å². The Morgan fingerprint density at radius 3 is 2.48 bits per heavy atom. The van der Waals surface area contributed by atoms with Gasteiger partial charge in [0.1, 0.15) is 17.3 Å². The number of Topliss-reactive ketones (excluding diaryl/α,β-unsaturated/α-hetero) is 1. The van der Waals surface area contributed by atoms with Crippen LogP contribution in [-0.2, 0) is 9.59 Å². The van der Waals surface area contributed by atoms with Crippen LogP contribution in [-0.4, -0.2) is 49.2 Å². The van der Waals surface area contributed by atoms with Gasteiger partial charge in [-0.3, -0.25) is 14.5 Å². The SMILES string of the molecule is CCCCOc1cccc(/C(O)=C2\C(=O)C(=O)N(c3nc4ccc(OCC)cc4s3)C2c2ccc(OC)c(OC)c2)c1. The zero-order chi connectivity index (χ0) is 29.8. The van der Waals surface area contributed by atoms with Crippen molar-refractivity contribution in [2.24, 2.45) is 0 Å². The molecule has 0 saturated carbocycles. The van der Waals surface area contributed by atoms with E-state index >= 15 is 0 Å². The van der Waals surface area contributed by atoms with Crippen LogP contribution in [0.1, 0.15) is 43.9 Å². The Kier molecular flexibility index (Phi) is 8.63. The third-order valence-corrected chi connectivity index (χ3v) is 7.93. The second-order valence-electron chi connectivity index (χ2n) is 9.57. The number of ketones is 1. The average Bonchev–Trinajstić information content (AvgIpc) is 3.54. The number of nitrogens with zero attached hydrogens (tertiary/aromatic N) is 2.